The predicted molar refractivity (Wildman–Crippen MR) is 87.7 cm³/mol. The maximum absolute atomic E-state index is 12.7. The number of nitrogens with zero attached hydrogens (tertiary/aromatic N) is 1. The summed E-state index contributed by atoms with van der Waals surface area (Å²) in [4.78, 5) is 14.8. The normalized spacial score (nSPS) is 37.1. The van der Waals surface area contributed by atoms with Crippen LogP contribution in [0.25, 0.3) is 0 Å². The summed E-state index contributed by atoms with van der Waals surface area (Å²) in [5, 5.41) is 4.28. The fourth-order valence-electron chi connectivity index (χ4n) is 3.90. The van der Waals surface area contributed by atoms with E-state index in [1.807, 2.05) is 11.8 Å². The van der Waals surface area contributed by atoms with Gasteiger partial charge < -0.3 is 10.2 Å². The molecule has 5 heteroatoms. The number of amides is 1. The average Bonchev–Trinajstić information content (AvgIpc) is 2.90. The first-order chi connectivity index (χ1) is 9.28. The van der Waals surface area contributed by atoms with E-state index in [9.17, 15) is 4.79 Å². The van der Waals surface area contributed by atoms with Crippen LogP contribution in [0.15, 0.2) is 0 Å². The minimum absolute atomic E-state index is 0. The van der Waals surface area contributed by atoms with Gasteiger partial charge in [0.05, 0.1) is 6.04 Å². The van der Waals surface area contributed by atoms with E-state index < -0.39 is 0 Å². The lowest BCUT2D eigenvalue weighted by Crippen LogP contribution is -2.50. The van der Waals surface area contributed by atoms with Crippen molar-refractivity contribution < 1.29 is 4.79 Å². The molecule has 2 aliphatic heterocycles. The Morgan fingerprint density at radius 3 is 2.90 bits per heavy atom. The van der Waals surface area contributed by atoms with Gasteiger partial charge in [0.25, 0.3) is 0 Å². The zero-order valence-electron chi connectivity index (χ0n) is 12.3. The first-order valence-corrected chi connectivity index (χ1v) is 8.99. The number of hydrogen-bond acceptors (Lipinski definition) is 3. The summed E-state index contributed by atoms with van der Waals surface area (Å²) in [7, 11) is 0. The summed E-state index contributed by atoms with van der Waals surface area (Å²) in [6.45, 7) is 4.15. The minimum atomic E-state index is 0. The second-order valence-electron chi connectivity index (χ2n) is 6.29. The number of carbonyl (C=O) groups excluding carboxylic acids is 1. The van der Waals surface area contributed by atoms with Crippen molar-refractivity contribution in [2.75, 3.05) is 18.8 Å². The molecule has 1 amide bonds. The van der Waals surface area contributed by atoms with E-state index in [0.717, 1.165) is 31.2 Å². The zero-order valence-corrected chi connectivity index (χ0v) is 14.0. The number of carbonyl (C=O) groups is 1. The quantitative estimate of drug-likeness (QED) is 0.849. The van der Waals surface area contributed by atoms with Gasteiger partial charge in [-0.1, -0.05) is 19.8 Å². The lowest BCUT2D eigenvalue weighted by molar-refractivity contribution is -0.133. The van der Waals surface area contributed by atoms with Crippen LogP contribution < -0.4 is 5.32 Å². The molecule has 0 bridgehead atoms. The molecule has 20 heavy (non-hydrogen) atoms. The van der Waals surface area contributed by atoms with E-state index in [1.54, 1.807) is 0 Å². The summed E-state index contributed by atoms with van der Waals surface area (Å²) in [5.74, 6) is 2.26. The Kier molecular flexibility index (Phi) is 6.06. The first kappa shape index (κ1) is 16.4. The van der Waals surface area contributed by atoms with Crippen LogP contribution in [0, 0.1) is 5.92 Å². The molecule has 0 aromatic rings. The highest BCUT2D eigenvalue weighted by Gasteiger charge is 2.40. The minimum Gasteiger partial charge on any atom is -0.339 e. The molecule has 4 atom stereocenters. The average molecular weight is 319 g/mol. The van der Waals surface area contributed by atoms with Gasteiger partial charge in [0, 0.05) is 30.1 Å². The smallest absolute Gasteiger partial charge is 0.239 e. The van der Waals surface area contributed by atoms with E-state index in [1.165, 1.54) is 32.1 Å². The van der Waals surface area contributed by atoms with Gasteiger partial charge in [-0.3, -0.25) is 4.79 Å². The van der Waals surface area contributed by atoms with Gasteiger partial charge in [-0.15, -0.1) is 12.4 Å². The summed E-state index contributed by atoms with van der Waals surface area (Å²) in [6, 6.07) is 0.748. The number of hydrogen-bond donors (Lipinski definition) is 1. The fourth-order valence-corrected chi connectivity index (χ4v) is 5.08. The van der Waals surface area contributed by atoms with E-state index >= 15 is 0 Å². The molecule has 0 radical (unpaired) electrons. The number of rotatable bonds is 2. The fraction of sp³-hybridized carbons (Fsp3) is 0.933. The molecule has 2 heterocycles. The van der Waals surface area contributed by atoms with Gasteiger partial charge in [0.15, 0.2) is 0 Å². The lowest BCUT2D eigenvalue weighted by atomic mass is 9.85. The Labute approximate surface area is 133 Å². The molecule has 1 saturated carbocycles. The molecule has 0 aromatic carbocycles. The number of fused-ring (bicyclic) bond motifs is 1. The van der Waals surface area contributed by atoms with Crippen molar-refractivity contribution >= 4 is 30.1 Å². The molecule has 3 aliphatic rings. The number of nitrogens with one attached hydrogen (secondary N) is 1. The van der Waals surface area contributed by atoms with E-state index in [4.69, 9.17) is 0 Å². The summed E-state index contributed by atoms with van der Waals surface area (Å²) in [5.41, 5.74) is 0. The third-order valence-electron chi connectivity index (χ3n) is 5.07. The highest BCUT2D eigenvalue weighted by molar-refractivity contribution is 8.00. The van der Waals surface area contributed by atoms with Gasteiger partial charge in [0.2, 0.25) is 5.91 Å². The van der Waals surface area contributed by atoms with Crippen LogP contribution in [0.4, 0.5) is 0 Å². The molecule has 116 valence electrons. The van der Waals surface area contributed by atoms with Crippen molar-refractivity contribution in [3.05, 3.63) is 0 Å². The molecule has 2 saturated heterocycles. The maximum atomic E-state index is 12.7. The first-order valence-electron chi connectivity index (χ1n) is 7.94. The highest BCUT2D eigenvalue weighted by atomic mass is 35.5. The van der Waals surface area contributed by atoms with Crippen LogP contribution in [0.1, 0.15) is 45.4 Å². The maximum Gasteiger partial charge on any atom is 0.239 e. The molecule has 0 aromatic heterocycles. The number of halogens is 1. The van der Waals surface area contributed by atoms with Crippen molar-refractivity contribution in [1.82, 2.24) is 10.2 Å². The van der Waals surface area contributed by atoms with Crippen molar-refractivity contribution in [2.45, 2.75) is 62.8 Å². The highest BCUT2D eigenvalue weighted by Crippen LogP contribution is 2.34. The molecular weight excluding hydrogens is 292 g/mol. The Balaban J connectivity index is 0.00000147. The Morgan fingerprint density at radius 2 is 2.15 bits per heavy atom. The van der Waals surface area contributed by atoms with Gasteiger partial charge in [-0.25, -0.2) is 0 Å². The van der Waals surface area contributed by atoms with Crippen molar-refractivity contribution in [1.29, 1.82) is 0 Å². The van der Waals surface area contributed by atoms with Crippen LogP contribution in [0.3, 0.4) is 0 Å². The second-order valence-corrected chi connectivity index (χ2v) is 7.70. The molecule has 1 aliphatic carbocycles. The number of thioether (sulfide) groups is 1. The van der Waals surface area contributed by atoms with Gasteiger partial charge in [-0.05, 0) is 31.6 Å². The van der Waals surface area contributed by atoms with Crippen LogP contribution in [-0.2, 0) is 4.79 Å². The third kappa shape index (κ3) is 3.45. The third-order valence-corrected chi connectivity index (χ3v) is 6.44. The zero-order chi connectivity index (χ0) is 13.2. The lowest BCUT2D eigenvalue weighted by Gasteiger charge is -2.33. The Bertz CT molecular complexity index is 328. The Hall–Kier alpha value is 0.0700. The van der Waals surface area contributed by atoms with Crippen molar-refractivity contribution in [3.8, 4) is 0 Å². The molecule has 3 rings (SSSR count). The SMILES string of the molecule is CCC1CN(C(=O)C2CC3CCCCC3N2)CCS1.Cl. The van der Waals surface area contributed by atoms with E-state index in [-0.39, 0.29) is 18.4 Å². The second kappa shape index (κ2) is 7.37. The van der Waals surface area contributed by atoms with E-state index in [0.29, 0.717) is 17.2 Å². The molecule has 0 spiro atoms. The largest absolute Gasteiger partial charge is 0.339 e. The predicted octanol–water partition coefficient (Wildman–Crippen LogP) is 2.68. The van der Waals surface area contributed by atoms with Crippen LogP contribution >= 0.6 is 24.2 Å². The van der Waals surface area contributed by atoms with E-state index in [2.05, 4.69) is 17.1 Å². The molecule has 4 unspecified atom stereocenters. The summed E-state index contributed by atoms with van der Waals surface area (Å²) in [6.07, 6.45) is 7.58. The molecule has 3 nitrogen and oxygen atoms in total. The van der Waals surface area contributed by atoms with Crippen LogP contribution in [-0.4, -0.2) is 47.0 Å². The van der Waals surface area contributed by atoms with Crippen LogP contribution in [0.5, 0.6) is 0 Å². The Morgan fingerprint density at radius 1 is 1.35 bits per heavy atom. The molecule has 3 fully saturated rings. The van der Waals surface area contributed by atoms with Crippen molar-refractivity contribution in [2.24, 2.45) is 5.92 Å². The standard InChI is InChI=1S/C15H26N2OS.ClH/c1-2-12-10-17(7-8-19-12)15(18)14-9-11-5-3-4-6-13(11)16-14;/h11-14,16H,2-10H2,1H3;1H. The van der Waals surface area contributed by atoms with Gasteiger partial charge in [-0.2, -0.15) is 11.8 Å². The summed E-state index contributed by atoms with van der Waals surface area (Å²) < 4.78 is 0. The monoisotopic (exact) mass is 318 g/mol. The van der Waals surface area contributed by atoms with Gasteiger partial charge >= 0.3 is 0 Å². The molecular formula is C15H27ClN2OS. The topological polar surface area (TPSA) is 32.3 Å². The summed E-state index contributed by atoms with van der Waals surface area (Å²) >= 11 is 2.03. The van der Waals surface area contributed by atoms with Crippen molar-refractivity contribution in [3.63, 3.8) is 0 Å². The van der Waals surface area contributed by atoms with Crippen LogP contribution in [0.2, 0.25) is 0 Å². The van der Waals surface area contributed by atoms with Gasteiger partial charge in [0.1, 0.15) is 0 Å². The molecule has 1 N–H and O–H groups in total.